The zero-order chi connectivity index (χ0) is 18.4. The number of halogens is 1. The highest BCUT2D eigenvalue weighted by atomic mass is 35.5. The number of phenols is 1. The Labute approximate surface area is 153 Å². The summed E-state index contributed by atoms with van der Waals surface area (Å²) in [5.41, 5.74) is 4.10. The minimum atomic E-state index is -0.0411. The summed E-state index contributed by atoms with van der Waals surface area (Å²) in [5.74, 6) is 0.495. The minimum Gasteiger partial charge on any atom is -0.505 e. The van der Waals surface area contributed by atoms with Gasteiger partial charge in [0.05, 0.1) is 0 Å². The summed E-state index contributed by atoms with van der Waals surface area (Å²) < 4.78 is 0. The van der Waals surface area contributed by atoms with Crippen LogP contribution in [0, 0.1) is 0 Å². The first-order chi connectivity index (χ1) is 11.7. The molecule has 0 saturated heterocycles. The molecule has 0 fully saturated rings. The predicted octanol–water partition coefficient (Wildman–Crippen LogP) is 5.59. The second kappa shape index (κ2) is 6.34. The lowest BCUT2D eigenvalue weighted by Gasteiger charge is -2.23. The molecule has 5 heteroatoms. The first-order valence-electron chi connectivity index (χ1n) is 8.61. The van der Waals surface area contributed by atoms with Crippen LogP contribution < -0.4 is 0 Å². The number of hydrogen-bond acceptors (Lipinski definition) is 3. The number of aromatic nitrogens is 3. The van der Waals surface area contributed by atoms with Gasteiger partial charge in [0.2, 0.25) is 0 Å². The van der Waals surface area contributed by atoms with Crippen molar-refractivity contribution in [1.29, 1.82) is 0 Å². The zero-order valence-electron chi connectivity index (χ0n) is 15.3. The lowest BCUT2D eigenvalue weighted by molar-refractivity contribution is 0.453. The van der Waals surface area contributed by atoms with Crippen LogP contribution in [0.15, 0.2) is 30.3 Å². The lowest BCUT2D eigenvalue weighted by Crippen LogP contribution is -2.14. The molecule has 0 aliphatic rings. The largest absolute Gasteiger partial charge is 0.505 e. The van der Waals surface area contributed by atoms with Gasteiger partial charge in [-0.3, -0.25) is 0 Å². The van der Waals surface area contributed by atoms with E-state index in [-0.39, 0.29) is 17.1 Å². The Morgan fingerprint density at radius 1 is 1.12 bits per heavy atom. The number of benzene rings is 2. The third kappa shape index (κ3) is 3.36. The Morgan fingerprint density at radius 2 is 1.80 bits per heavy atom. The maximum Gasteiger partial charge on any atom is 0.146 e. The Kier molecular flexibility index (Phi) is 4.50. The Bertz CT molecular complexity index is 925. The molecule has 1 heterocycles. The number of nitrogens with zero attached hydrogens (tertiary/aromatic N) is 3. The van der Waals surface area contributed by atoms with E-state index < -0.39 is 0 Å². The number of rotatable bonds is 3. The lowest BCUT2D eigenvalue weighted by atomic mass is 9.83. The molecule has 0 bridgehead atoms. The second-order valence-corrected chi connectivity index (χ2v) is 8.05. The molecular formula is C20H24ClN3O. The molecule has 1 unspecified atom stereocenters. The molecule has 1 atom stereocenters. The number of hydrogen-bond donors (Lipinski definition) is 1. The average Bonchev–Trinajstić information content (AvgIpc) is 2.95. The van der Waals surface area contributed by atoms with Crippen LogP contribution in [-0.4, -0.2) is 20.1 Å². The van der Waals surface area contributed by atoms with Crippen LogP contribution >= 0.6 is 11.6 Å². The van der Waals surface area contributed by atoms with Gasteiger partial charge in [-0.15, -0.1) is 15.0 Å². The van der Waals surface area contributed by atoms with E-state index in [1.807, 2.05) is 12.1 Å². The van der Waals surface area contributed by atoms with Crippen molar-refractivity contribution in [1.82, 2.24) is 15.0 Å². The molecule has 0 saturated carbocycles. The van der Waals surface area contributed by atoms with Gasteiger partial charge in [0.25, 0.3) is 0 Å². The minimum absolute atomic E-state index is 0.0411. The van der Waals surface area contributed by atoms with Gasteiger partial charge >= 0.3 is 0 Å². The van der Waals surface area contributed by atoms with Crippen LogP contribution in [-0.2, 0) is 5.41 Å². The Morgan fingerprint density at radius 3 is 2.44 bits per heavy atom. The fourth-order valence-corrected chi connectivity index (χ4v) is 2.98. The molecule has 1 N–H and O–H groups in total. The topological polar surface area (TPSA) is 50.9 Å². The van der Waals surface area contributed by atoms with E-state index in [1.165, 1.54) is 4.80 Å². The standard InChI is InChI=1S/C20H24ClN3O/c1-6-12(2)15-9-13(20(3,4)5)10-18(19(15)25)24-22-16-8-7-14(21)11-17(16)23-24/h7-12,25H,6H2,1-5H3. The third-order valence-electron chi connectivity index (χ3n) is 4.69. The average molecular weight is 358 g/mol. The van der Waals surface area contributed by atoms with E-state index in [0.717, 1.165) is 23.1 Å². The van der Waals surface area contributed by atoms with Crippen molar-refractivity contribution < 1.29 is 5.11 Å². The summed E-state index contributed by atoms with van der Waals surface area (Å²) >= 11 is 6.05. The van der Waals surface area contributed by atoms with Gasteiger partial charge in [-0.1, -0.05) is 52.3 Å². The summed E-state index contributed by atoms with van der Waals surface area (Å²) in [5, 5.41) is 20.5. The molecule has 0 aliphatic carbocycles. The van der Waals surface area contributed by atoms with Crippen molar-refractivity contribution in [2.45, 2.75) is 52.4 Å². The summed E-state index contributed by atoms with van der Waals surface area (Å²) in [7, 11) is 0. The smallest absolute Gasteiger partial charge is 0.146 e. The summed E-state index contributed by atoms with van der Waals surface area (Å²) in [4.78, 5) is 1.51. The van der Waals surface area contributed by atoms with Gasteiger partial charge in [-0.25, -0.2) is 0 Å². The van der Waals surface area contributed by atoms with E-state index in [2.05, 4.69) is 50.9 Å². The number of phenolic OH excluding ortho intramolecular Hbond substituents is 1. The molecule has 132 valence electrons. The van der Waals surface area contributed by atoms with Gasteiger partial charge in [0.1, 0.15) is 22.5 Å². The molecule has 0 aliphatic heterocycles. The summed E-state index contributed by atoms with van der Waals surface area (Å²) in [6.45, 7) is 10.7. The van der Waals surface area contributed by atoms with Crippen LogP contribution in [0.4, 0.5) is 0 Å². The molecule has 2 aromatic carbocycles. The van der Waals surface area contributed by atoms with Crippen molar-refractivity contribution in [2.24, 2.45) is 0 Å². The van der Waals surface area contributed by atoms with Crippen LogP contribution in [0.25, 0.3) is 16.7 Å². The third-order valence-corrected chi connectivity index (χ3v) is 4.92. The molecule has 4 nitrogen and oxygen atoms in total. The fraction of sp³-hybridized carbons (Fsp3) is 0.400. The van der Waals surface area contributed by atoms with Crippen LogP contribution in [0.3, 0.4) is 0 Å². The van der Waals surface area contributed by atoms with Crippen molar-refractivity contribution in [2.75, 3.05) is 0 Å². The van der Waals surface area contributed by atoms with E-state index in [4.69, 9.17) is 11.6 Å². The summed E-state index contributed by atoms with van der Waals surface area (Å²) in [6.07, 6.45) is 0.949. The van der Waals surface area contributed by atoms with Crippen molar-refractivity contribution in [3.05, 3.63) is 46.5 Å². The van der Waals surface area contributed by atoms with Crippen LogP contribution in [0.1, 0.15) is 58.1 Å². The zero-order valence-corrected chi connectivity index (χ0v) is 16.1. The van der Waals surface area contributed by atoms with Crippen molar-refractivity contribution in [3.8, 4) is 11.4 Å². The first-order valence-corrected chi connectivity index (χ1v) is 8.99. The molecule has 0 radical (unpaired) electrons. The van der Waals surface area contributed by atoms with Gasteiger partial charge < -0.3 is 5.11 Å². The highest BCUT2D eigenvalue weighted by Crippen LogP contribution is 2.37. The molecular weight excluding hydrogens is 334 g/mol. The van der Waals surface area contributed by atoms with Crippen LogP contribution in [0.5, 0.6) is 5.75 Å². The fourth-order valence-electron chi connectivity index (χ4n) is 2.82. The van der Waals surface area contributed by atoms with E-state index in [1.54, 1.807) is 12.1 Å². The van der Waals surface area contributed by atoms with Gasteiger partial charge in [-0.2, -0.15) is 0 Å². The Hall–Kier alpha value is -2.07. The van der Waals surface area contributed by atoms with Gasteiger partial charge in [0, 0.05) is 5.02 Å². The second-order valence-electron chi connectivity index (χ2n) is 7.61. The maximum absolute atomic E-state index is 10.9. The quantitative estimate of drug-likeness (QED) is 0.664. The number of aromatic hydroxyl groups is 1. The summed E-state index contributed by atoms with van der Waals surface area (Å²) in [6, 6.07) is 9.48. The number of fused-ring (bicyclic) bond motifs is 1. The van der Waals surface area contributed by atoms with Gasteiger partial charge in [0.15, 0.2) is 0 Å². The first kappa shape index (κ1) is 17.7. The molecule has 3 rings (SSSR count). The van der Waals surface area contributed by atoms with E-state index in [0.29, 0.717) is 16.2 Å². The predicted molar refractivity (Wildman–Crippen MR) is 103 cm³/mol. The molecule has 0 spiro atoms. The monoisotopic (exact) mass is 357 g/mol. The van der Waals surface area contributed by atoms with Gasteiger partial charge in [-0.05, 0) is 53.1 Å². The normalized spacial score (nSPS) is 13.4. The SMILES string of the molecule is CCC(C)c1cc(C(C)(C)C)cc(-n2nc3ccc(Cl)cc3n2)c1O. The maximum atomic E-state index is 10.9. The molecule has 0 amide bonds. The van der Waals surface area contributed by atoms with E-state index in [9.17, 15) is 5.11 Å². The molecule has 3 aromatic rings. The highest BCUT2D eigenvalue weighted by molar-refractivity contribution is 6.31. The van der Waals surface area contributed by atoms with E-state index >= 15 is 0 Å². The molecule has 1 aromatic heterocycles. The van der Waals surface area contributed by atoms with Crippen molar-refractivity contribution in [3.63, 3.8) is 0 Å². The molecule has 25 heavy (non-hydrogen) atoms. The van der Waals surface area contributed by atoms with Crippen LogP contribution in [0.2, 0.25) is 5.02 Å². The highest BCUT2D eigenvalue weighted by Gasteiger charge is 2.22. The Balaban J connectivity index is 2.25. The van der Waals surface area contributed by atoms with Crippen molar-refractivity contribution >= 4 is 22.6 Å².